The number of amides is 1. The third kappa shape index (κ3) is 7.08. The third-order valence-corrected chi connectivity index (χ3v) is 6.42. The van der Waals surface area contributed by atoms with Crippen LogP contribution in [0, 0.1) is 11.8 Å². The van der Waals surface area contributed by atoms with Crippen molar-refractivity contribution in [3.8, 4) is 0 Å². The Morgan fingerprint density at radius 1 is 1.34 bits per heavy atom. The molecule has 2 aliphatic rings. The monoisotopic (exact) mass is 467 g/mol. The lowest BCUT2D eigenvalue weighted by molar-refractivity contribution is -0.0907. The average Bonchev–Trinajstić information content (AvgIpc) is 3.36. The van der Waals surface area contributed by atoms with E-state index in [1.807, 2.05) is 26.0 Å². The normalized spacial score (nSPS) is 24.3. The van der Waals surface area contributed by atoms with Gasteiger partial charge in [0.2, 0.25) is 0 Å². The lowest BCUT2D eigenvalue weighted by Crippen LogP contribution is -2.42. The fraction of sp³-hybridized carbons (Fsp3) is 0.636. The molecule has 5 atom stereocenters. The second-order valence-corrected chi connectivity index (χ2v) is 9.61. The van der Waals surface area contributed by atoms with Crippen molar-refractivity contribution in [2.24, 2.45) is 11.8 Å². The molecular weight excluding hydrogens is 436 g/mol. The summed E-state index contributed by atoms with van der Waals surface area (Å²) in [6.45, 7) is 5.48. The summed E-state index contributed by atoms with van der Waals surface area (Å²) in [5, 5.41) is 2.89. The van der Waals surface area contributed by atoms with Gasteiger partial charge in [-0.3, -0.25) is 9.00 Å². The van der Waals surface area contributed by atoms with E-state index in [1.54, 1.807) is 12.1 Å². The van der Waals surface area contributed by atoms with Crippen LogP contribution in [0.5, 0.6) is 0 Å². The van der Waals surface area contributed by atoms with E-state index in [4.69, 9.17) is 14.2 Å². The minimum absolute atomic E-state index is 0.0412. The molecule has 2 heterocycles. The molecule has 2 fully saturated rings. The fourth-order valence-electron chi connectivity index (χ4n) is 4.06. The van der Waals surface area contributed by atoms with Crippen LogP contribution < -0.4 is 5.32 Å². The van der Waals surface area contributed by atoms with Gasteiger partial charge < -0.3 is 24.1 Å². The van der Waals surface area contributed by atoms with Gasteiger partial charge in [-0.25, -0.2) is 9.10 Å². The van der Waals surface area contributed by atoms with Crippen molar-refractivity contribution in [1.29, 1.82) is 0 Å². The number of nitrogens with zero attached hydrogens (tertiary/aromatic N) is 1. The van der Waals surface area contributed by atoms with Crippen molar-refractivity contribution >= 4 is 23.6 Å². The maximum atomic E-state index is 12.6. The molecule has 0 bridgehead atoms. The predicted octanol–water partition coefficient (Wildman–Crippen LogP) is 2.04. The van der Waals surface area contributed by atoms with E-state index < -0.39 is 17.4 Å². The minimum atomic E-state index is -2.34. The van der Waals surface area contributed by atoms with Crippen molar-refractivity contribution < 1.29 is 32.6 Å². The van der Waals surface area contributed by atoms with Gasteiger partial charge in [0.1, 0.15) is 12.4 Å². The summed E-state index contributed by atoms with van der Waals surface area (Å²) in [6, 6.07) is 6.73. The van der Waals surface area contributed by atoms with Crippen molar-refractivity contribution in [3.63, 3.8) is 0 Å². The molecule has 2 saturated heterocycles. The number of carbonyl (C=O) groups is 2. The molecule has 32 heavy (non-hydrogen) atoms. The van der Waals surface area contributed by atoms with Crippen LogP contribution in [-0.4, -0.2) is 70.2 Å². The van der Waals surface area contributed by atoms with Gasteiger partial charge in [0.05, 0.1) is 19.1 Å². The lowest BCUT2D eigenvalue weighted by atomic mass is 10.0. The molecule has 3 rings (SSSR count). The number of carbonyl (C=O) groups excluding carboxylic acids is 2. The first-order valence-electron chi connectivity index (χ1n) is 10.9. The van der Waals surface area contributed by atoms with Gasteiger partial charge in [0.15, 0.2) is 6.29 Å². The molecule has 1 aromatic carbocycles. The first-order chi connectivity index (χ1) is 15.4. The van der Waals surface area contributed by atoms with Gasteiger partial charge in [0, 0.05) is 36.0 Å². The number of aldehydes is 1. The van der Waals surface area contributed by atoms with Crippen LogP contribution in [0.2, 0.25) is 0 Å². The molecule has 1 N–H and O–H groups in total. The first kappa shape index (κ1) is 24.8. The number of alkyl carbamates (subject to hydrolysis) is 1. The number of nitrogens with one attached hydrogen (secondary N) is 1. The summed E-state index contributed by atoms with van der Waals surface area (Å²) in [4.78, 5) is 23.5. The standard InChI is InChI=1S/C22H32N2O7S/c1-15(2)12-24(32(27)28)9-7-18(11-16-3-5-17(13-25)6-4-16)23-22(26)31-20-14-30-21-19(20)8-10-29-21/h3-6,13,15,18-21H,7-12,14H2,1-2H3,(H,23,26)(H,27,28)/p-1. The van der Waals surface area contributed by atoms with Gasteiger partial charge in [-0.05, 0) is 30.7 Å². The lowest BCUT2D eigenvalue weighted by Gasteiger charge is -2.28. The Kier molecular flexibility index (Phi) is 9.18. The van der Waals surface area contributed by atoms with Crippen LogP contribution in [0.4, 0.5) is 4.79 Å². The van der Waals surface area contributed by atoms with Gasteiger partial charge >= 0.3 is 6.09 Å². The molecule has 0 aliphatic carbocycles. The molecule has 9 nitrogen and oxygen atoms in total. The Bertz CT molecular complexity index is 789. The Morgan fingerprint density at radius 2 is 2.09 bits per heavy atom. The van der Waals surface area contributed by atoms with Crippen LogP contribution in [0.15, 0.2) is 24.3 Å². The molecule has 2 aliphatic heterocycles. The summed E-state index contributed by atoms with van der Waals surface area (Å²) in [5.41, 5.74) is 1.49. The smallest absolute Gasteiger partial charge is 0.407 e. The summed E-state index contributed by atoms with van der Waals surface area (Å²) in [6.07, 6.45) is 1.23. The van der Waals surface area contributed by atoms with Crippen molar-refractivity contribution in [2.45, 2.75) is 51.5 Å². The molecule has 178 valence electrons. The van der Waals surface area contributed by atoms with E-state index in [1.165, 1.54) is 4.31 Å². The van der Waals surface area contributed by atoms with Crippen LogP contribution >= 0.6 is 0 Å². The average molecular weight is 468 g/mol. The largest absolute Gasteiger partial charge is 0.760 e. The van der Waals surface area contributed by atoms with E-state index in [0.29, 0.717) is 38.2 Å². The zero-order chi connectivity index (χ0) is 23.1. The highest BCUT2D eigenvalue weighted by Gasteiger charge is 2.44. The van der Waals surface area contributed by atoms with E-state index in [2.05, 4.69) is 5.32 Å². The number of ether oxygens (including phenoxy) is 3. The Morgan fingerprint density at radius 3 is 2.75 bits per heavy atom. The van der Waals surface area contributed by atoms with Crippen LogP contribution in [0.25, 0.3) is 0 Å². The molecule has 1 amide bonds. The van der Waals surface area contributed by atoms with E-state index in [9.17, 15) is 18.4 Å². The highest BCUT2D eigenvalue weighted by atomic mass is 32.2. The molecule has 0 saturated carbocycles. The molecule has 1 aromatic rings. The summed E-state index contributed by atoms with van der Waals surface area (Å²) in [5.74, 6) is 0.226. The number of benzene rings is 1. The van der Waals surface area contributed by atoms with E-state index in [0.717, 1.165) is 18.3 Å². The quantitative estimate of drug-likeness (QED) is 0.391. The third-order valence-electron chi connectivity index (χ3n) is 5.67. The van der Waals surface area contributed by atoms with Crippen molar-refractivity contribution in [2.75, 3.05) is 26.3 Å². The van der Waals surface area contributed by atoms with Crippen LogP contribution in [0.1, 0.15) is 42.6 Å². The number of rotatable bonds is 11. The number of hydrogen-bond acceptors (Lipinski definition) is 7. The summed E-state index contributed by atoms with van der Waals surface area (Å²) >= 11 is -2.34. The molecule has 5 unspecified atom stereocenters. The fourth-order valence-corrected chi connectivity index (χ4v) is 4.74. The molecular formula is C22H31N2O7S-. The van der Waals surface area contributed by atoms with Gasteiger partial charge in [-0.1, -0.05) is 38.1 Å². The van der Waals surface area contributed by atoms with Crippen molar-refractivity contribution in [3.05, 3.63) is 35.4 Å². The van der Waals surface area contributed by atoms with Crippen LogP contribution in [0.3, 0.4) is 0 Å². The highest BCUT2D eigenvalue weighted by molar-refractivity contribution is 7.76. The maximum absolute atomic E-state index is 12.6. The maximum Gasteiger partial charge on any atom is 0.407 e. The first-order valence-corrected chi connectivity index (χ1v) is 12.0. The zero-order valence-electron chi connectivity index (χ0n) is 18.4. The second-order valence-electron chi connectivity index (χ2n) is 8.66. The number of fused-ring (bicyclic) bond motifs is 1. The highest BCUT2D eigenvalue weighted by Crippen LogP contribution is 2.33. The number of hydrogen-bond donors (Lipinski definition) is 1. The zero-order valence-corrected chi connectivity index (χ0v) is 19.3. The Labute approximate surface area is 191 Å². The predicted molar refractivity (Wildman–Crippen MR) is 116 cm³/mol. The molecule has 10 heteroatoms. The van der Waals surface area contributed by atoms with Gasteiger partial charge in [0.25, 0.3) is 0 Å². The second kappa shape index (κ2) is 11.9. The summed E-state index contributed by atoms with van der Waals surface area (Å²) in [7, 11) is 0. The van der Waals surface area contributed by atoms with Crippen molar-refractivity contribution in [1.82, 2.24) is 9.62 Å². The molecule has 0 spiro atoms. The summed E-state index contributed by atoms with van der Waals surface area (Å²) < 4.78 is 41.1. The Balaban J connectivity index is 1.62. The topological polar surface area (TPSA) is 117 Å². The SMILES string of the molecule is CC(C)CN(CCC(Cc1ccc(C=O)cc1)NC(=O)OC1COC2OCCC12)S(=O)[O-]. The van der Waals surface area contributed by atoms with E-state index >= 15 is 0 Å². The van der Waals surface area contributed by atoms with Gasteiger partial charge in [-0.15, -0.1) is 0 Å². The van der Waals surface area contributed by atoms with Gasteiger partial charge in [-0.2, -0.15) is 0 Å². The van der Waals surface area contributed by atoms with E-state index in [-0.39, 0.29) is 36.8 Å². The van der Waals surface area contributed by atoms with Crippen LogP contribution in [-0.2, 0) is 31.9 Å². The Hall–Kier alpha value is -1.85. The molecule has 0 aromatic heterocycles. The minimum Gasteiger partial charge on any atom is -0.760 e. The molecule has 0 radical (unpaired) electrons.